The summed E-state index contributed by atoms with van der Waals surface area (Å²) in [6, 6.07) is 27.6. The van der Waals surface area contributed by atoms with Gasteiger partial charge in [0.2, 0.25) is 9.84 Å². The lowest BCUT2D eigenvalue weighted by Gasteiger charge is -2.21. The first-order valence-electron chi connectivity index (χ1n) is 10.5. The van der Waals surface area contributed by atoms with Gasteiger partial charge in [-0.1, -0.05) is 67.2 Å². The number of ether oxygens (including phenoxy) is 2. The van der Waals surface area contributed by atoms with Crippen molar-refractivity contribution in [2.75, 3.05) is 7.11 Å². The van der Waals surface area contributed by atoms with Gasteiger partial charge in [0.05, 0.1) is 12.0 Å². The van der Waals surface area contributed by atoms with E-state index in [4.69, 9.17) is 9.47 Å². The molecular weight excluding hydrogens is 450 g/mol. The Balaban J connectivity index is 1.59. The van der Waals surface area contributed by atoms with Crippen LogP contribution in [0.4, 0.5) is 0 Å². The molecule has 0 aliphatic heterocycles. The van der Waals surface area contributed by atoms with Crippen LogP contribution in [0.15, 0.2) is 114 Å². The summed E-state index contributed by atoms with van der Waals surface area (Å²) in [5, 5.41) is 3.44. The van der Waals surface area contributed by atoms with E-state index in [9.17, 15) is 13.2 Å². The predicted molar refractivity (Wildman–Crippen MR) is 131 cm³/mol. The van der Waals surface area contributed by atoms with Crippen LogP contribution < -0.4 is 14.8 Å². The third kappa shape index (κ3) is 4.94. The number of rotatable bonds is 8. The van der Waals surface area contributed by atoms with Crippen LogP contribution in [0.5, 0.6) is 11.5 Å². The highest BCUT2D eigenvalue weighted by Gasteiger charge is 2.31. The van der Waals surface area contributed by atoms with Crippen LogP contribution in [0.2, 0.25) is 0 Å². The molecule has 1 N–H and O–H groups in total. The Labute approximate surface area is 198 Å². The minimum atomic E-state index is -3.94. The van der Waals surface area contributed by atoms with Gasteiger partial charge < -0.3 is 14.8 Å². The second kappa shape index (κ2) is 9.80. The fraction of sp³-hybridized carbons (Fsp3) is 0.0741. The Bertz CT molecular complexity index is 1430. The molecule has 0 spiro atoms. The lowest BCUT2D eigenvalue weighted by Crippen LogP contribution is -2.32. The van der Waals surface area contributed by atoms with Gasteiger partial charge in [-0.2, -0.15) is 0 Å². The topological polar surface area (TPSA) is 81.7 Å². The van der Waals surface area contributed by atoms with Crippen LogP contribution in [-0.4, -0.2) is 21.5 Å². The second-order valence-electron chi connectivity index (χ2n) is 7.53. The van der Waals surface area contributed by atoms with E-state index in [2.05, 4.69) is 11.9 Å². The van der Waals surface area contributed by atoms with E-state index in [0.29, 0.717) is 17.1 Å². The number of sulfone groups is 1. The molecule has 0 heterocycles. The summed E-state index contributed by atoms with van der Waals surface area (Å²) in [6.45, 7) is 3.74. The first-order valence-corrected chi connectivity index (χ1v) is 12.0. The van der Waals surface area contributed by atoms with Crippen LogP contribution in [0.1, 0.15) is 10.9 Å². The monoisotopic (exact) mass is 473 g/mol. The third-order valence-corrected chi connectivity index (χ3v) is 7.22. The third-order valence-electron chi connectivity index (χ3n) is 5.28. The normalized spacial score (nSPS) is 12.0. The van der Waals surface area contributed by atoms with Crippen LogP contribution in [0, 0.1) is 0 Å². The Morgan fingerprint density at radius 1 is 0.824 bits per heavy atom. The minimum absolute atomic E-state index is 0.0744. The van der Waals surface area contributed by atoms with Crippen molar-refractivity contribution in [3.63, 3.8) is 0 Å². The van der Waals surface area contributed by atoms with Crippen molar-refractivity contribution >= 4 is 26.6 Å². The van der Waals surface area contributed by atoms with Gasteiger partial charge in [0.1, 0.15) is 17.2 Å². The maximum Gasteiger partial charge on any atom is 0.359 e. The molecule has 0 fully saturated rings. The number of esters is 1. The van der Waals surface area contributed by atoms with Gasteiger partial charge in [0.15, 0.2) is 5.37 Å². The molecular formula is C27H23NO5S. The zero-order chi connectivity index (χ0) is 24.1. The Morgan fingerprint density at radius 3 is 2.12 bits per heavy atom. The van der Waals surface area contributed by atoms with Crippen molar-refractivity contribution in [2.24, 2.45) is 0 Å². The van der Waals surface area contributed by atoms with Crippen LogP contribution in [0.3, 0.4) is 0 Å². The maximum absolute atomic E-state index is 13.5. The molecule has 0 saturated carbocycles. The van der Waals surface area contributed by atoms with Crippen molar-refractivity contribution in [1.29, 1.82) is 0 Å². The van der Waals surface area contributed by atoms with E-state index in [1.54, 1.807) is 54.6 Å². The van der Waals surface area contributed by atoms with Gasteiger partial charge in [0, 0.05) is 0 Å². The smallest absolute Gasteiger partial charge is 0.359 e. The highest BCUT2D eigenvalue weighted by Crippen LogP contribution is 2.29. The van der Waals surface area contributed by atoms with Gasteiger partial charge in [0.25, 0.3) is 0 Å². The molecule has 4 aromatic carbocycles. The summed E-state index contributed by atoms with van der Waals surface area (Å²) >= 11 is 0. The lowest BCUT2D eigenvalue weighted by atomic mass is 10.1. The lowest BCUT2D eigenvalue weighted by molar-refractivity contribution is -0.130. The average molecular weight is 474 g/mol. The molecule has 6 nitrogen and oxygen atoms in total. The quantitative estimate of drug-likeness (QED) is 0.220. The van der Waals surface area contributed by atoms with Crippen LogP contribution in [0.25, 0.3) is 10.8 Å². The number of fused-ring (bicyclic) bond motifs is 1. The molecule has 172 valence electrons. The van der Waals surface area contributed by atoms with Crippen LogP contribution >= 0.6 is 0 Å². The molecule has 0 bridgehead atoms. The number of benzene rings is 4. The molecule has 0 saturated heterocycles. The number of methoxy groups -OCH3 is 1. The molecule has 4 aromatic rings. The Kier molecular flexibility index (Phi) is 6.65. The summed E-state index contributed by atoms with van der Waals surface area (Å²) in [6.07, 6.45) is 0. The molecule has 0 radical (unpaired) electrons. The highest BCUT2D eigenvalue weighted by atomic mass is 32.2. The van der Waals surface area contributed by atoms with Gasteiger partial charge >= 0.3 is 5.97 Å². The predicted octanol–water partition coefficient (Wildman–Crippen LogP) is 5.03. The van der Waals surface area contributed by atoms with Gasteiger partial charge in [-0.3, -0.25) is 0 Å². The van der Waals surface area contributed by atoms with E-state index in [0.717, 1.165) is 10.8 Å². The van der Waals surface area contributed by atoms with E-state index >= 15 is 0 Å². The summed E-state index contributed by atoms with van der Waals surface area (Å²) in [4.78, 5) is 12.8. The van der Waals surface area contributed by atoms with Gasteiger partial charge in [-0.15, -0.1) is 0 Å². The van der Waals surface area contributed by atoms with Crippen LogP contribution in [-0.2, 0) is 14.6 Å². The van der Waals surface area contributed by atoms with Crippen molar-refractivity contribution in [2.45, 2.75) is 10.3 Å². The Hall–Kier alpha value is -4.10. The second-order valence-corrected chi connectivity index (χ2v) is 9.57. The molecule has 0 amide bonds. The molecule has 1 atom stereocenters. The minimum Gasteiger partial charge on any atom is -0.497 e. The fourth-order valence-corrected chi connectivity index (χ4v) is 5.09. The zero-order valence-corrected chi connectivity index (χ0v) is 19.3. The van der Waals surface area contributed by atoms with Crippen molar-refractivity contribution in [3.8, 4) is 11.5 Å². The molecule has 34 heavy (non-hydrogen) atoms. The first kappa shape index (κ1) is 23.1. The molecule has 0 aliphatic rings. The van der Waals surface area contributed by atoms with Crippen molar-refractivity contribution in [3.05, 3.63) is 115 Å². The zero-order valence-electron chi connectivity index (χ0n) is 18.5. The molecule has 4 rings (SSSR count). The number of nitrogens with one attached hydrogen (secondary N) is 1. The molecule has 0 unspecified atom stereocenters. The highest BCUT2D eigenvalue weighted by molar-refractivity contribution is 7.91. The average Bonchev–Trinajstić information content (AvgIpc) is 2.87. The molecule has 7 heteroatoms. The largest absolute Gasteiger partial charge is 0.497 e. The first-order chi connectivity index (χ1) is 16.4. The summed E-state index contributed by atoms with van der Waals surface area (Å²) in [7, 11) is -2.44. The summed E-state index contributed by atoms with van der Waals surface area (Å²) in [5.41, 5.74) is 0.275. The fourth-order valence-electron chi connectivity index (χ4n) is 3.49. The number of carbonyl (C=O) groups excluding carboxylic acids is 1. The SMILES string of the molecule is C=C(N[C@@H](c1ccccc1)S(=O)(=O)c1ccc(OC)cc1)C(=O)Oc1ccc2ccccc2c1. The number of carbonyl (C=O) groups is 1. The molecule has 0 aliphatic carbocycles. The summed E-state index contributed by atoms with van der Waals surface area (Å²) in [5.74, 6) is 0.0913. The van der Waals surface area contributed by atoms with E-state index in [1.807, 2.05) is 30.3 Å². The van der Waals surface area contributed by atoms with E-state index in [-0.39, 0.29) is 10.6 Å². The number of hydrogen-bond donors (Lipinski definition) is 1. The number of hydrogen-bond acceptors (Lipinski definition) is 6. The summed E-state index contributed by atoms with van der Waals surface area (Å²) < 4.78 is 37.6. The van der Waals surface area contributed by atoms with Gasteiger partial charge in [-0.25, -0.2) is 13.2 Å². The Morgan fingerprint density at radius 2 is 1.44 bits per heavy atom. The van der Waals surface area contributed by atoms with E-state index in [1.165, 1.54) is 19.2 Å². The van der Waals surface area contributed by atoms with Crippen molar-refractivity contribution < 1.29 is 22.7 Å². The van der Waals surface area contributed by atoms with E-state index < -0.39 is 21.2 Å². The van der Waals surface area contributed by atoms with Gasteiger partial charge in [-0.05, 0) is 52.7 Å². The molecule has 0 aromatic heterocycles. The standard InChI is InChI=1S/C27H23NO5S/c1-19(27(29)33-24-13-12-20-8-6-7-11-22(20)18-24)28-26(21-9-4-3-5-10-21)34(30,31)25-16-14-23(32-2)15-17-25/h3-18,26,28H,1H2,2H3/t26-/m1/s1. The maximum atomic E-state index is 13.5. The van der Waals surface area contributed by atoms with Crippen molar-refractivity contribution in [1.82, 2.24) is 5.32 Å².